The normalized spacial score (nSPS) is 17.9. The first-order chi connectivity index (χ1) is 17.2. The Morgan fingerprint density at radius 2 is 1.46 bits per heavy atom. The highest BCUT2D eigenvalue weighted by Crippen LogP contribution is 2.35. The molecule has 0 aromatic heterocycles. The second-order valence-electron chi connectivity index (χ2n) is 8.10. The number of nitro benzene ring substituents is 2. The lowest BCUT2D eigenvalue weighted by Gasteiger charge is -2.42. The predicted molar refractivity (Wildman–Crippen MR) is 127 cm³/mol. The molecule has 0 amide bonds. The van der Waals surface area contributed by atoms with E-state index in [1.54, 1.807) is 0 Å². The standard InChI is InChI=1S/C13H18N4O5S.C6H5FN2O4S/c14-23(20,21)11-1-2-12(13(5-11)17(18)19)16(10-6-15-7-10)9-3-4-22-8-9;7-5-2-1-4(14(8,12)13)3-6(5)9(10)11/h1-2,5,9-10,15H,3-4,6-8H2,(H2,14,20,21);1-3H,(H2,8,12,13). The molecule has 2 fully saturated rings. The maximum Gasteiger partial charge on any atom is 0.306 e. The average Bonchev–Trinajstić information content (AvgIpc) is 3.29. The molecule has 2 saturated heterocycles. The summed E-state index contributed by atoms with van der Waals surface area (Å²) in [7, 11) is -8.04. The number of anilines is 1. The number of hydrogen-bond donors (Lipinski definition) is 3. The van der Waals surface area contributed by atoms with Crippen LogP contribution < -0.4 is 20.5 Å². The first-order valence-electron chi connectivity index (χ1n) is 10.5. The molecule has 2 aliphatic heterocycles. The zero-order valence-corrected chi connectivity index (χ0v) is 20.7. The third-order valence-corrected chi connectivity index (χ3v) is 7.47. The molecule has 1 atom stereocenters. The van der Waals surface area contributed by atoms with Crippen LogP contribution in [0.5, 0.6) is 0 Å². The number of hydrogen-bond acceptors (Lipinski definition) is 11. The van der Waals surface area contributed by atoms with Gasteiger partial charge in [0.05, 0.1) is 38.3 Å². The van der Waals surface area contributed by atoms with Crippen molar-refractivity contribution in [2.45, 2.75) is 28.3 Å². The first-order valence-corrected chi connectivity index (χ1v) is 13.6. The summed E-state index contributed by atoms with van der Waals surface area (Å²) in [4.78, 5) is 21.3. The van der Waals surface area contributed by atoms with Crippen LogP contribution in [0.25, 0.3) is 0 Å². The van der Waals surface area contributed by atoms with Crippen LogP contribution in [-0.2, 0) is 24.8 Å². The number of halogens is 1. The number of nitrogens with zero attached hydrogens (tertiary/aromatic N) is 3. The summed E-state index contributed by atoms with van der Waals surface area (Å²) in [6, 6.07) is 6.09. The average molecular weight is 563 g/mol. The Morgan fingerprint density at radius 1 is 0.919 bits per heavy atom. The lowest BCUT2D eigenvalue weighted by atomic mass is 10.0. The van der Waals surface area contributed by atoms with Crippen molar-refractivity contribution in [1.82, 2.24) is 5.32 Å². The first kappa shape index (κ1) is 28.3. The lowest BCUT2D eigenvalue weighted by molar-refractivity contribution is -0.387. The van der Waals surface area contributed by atoms with Gasteiger partial charge in [0, 0.05) is 31.8 Å². The van der Waals surface area contributed by atoms with Crippen molar-refractivity contribution >= 4 is 37.1 Å². The Bertz CT molecular complexity index is 1410. The third-order valence-electron chi connectivity index (χ3n) is 5.65. The van der Waals surface area contributed by atoms with Gasteiger partial charge in [-0.05, 0) is 30.7 Å². The van der Waals surface area contributed by atoms with Crippen molar-refractivity contribution in [2.24, 2.45) is 10.3 Å². The van der Waals surface area contributed by atoms with Crippen LogP contribution in [-0.4, -0.2) is 65.1 Å². The second kappa shape index (κ2) is 11.0. The Balaban J connectivity index is 0.000000233. The minimum Gasteiger partial charge on any atom is -0.379 e. The molecule has 1 unspecified atom stereocenters. The summed E-state index contributed by atoms with van der Waals surface area (Å²) in [5.74, 6) is -1.11. The van der Waals surface area contributed by atoms with Gasteiger partial charge in [0.25, 0.3) is 5.69 Å². The smallest absolute Gasteiger partial charge is 0.306 e. The van der Waals surface area contributed by atoms with Crippen LogP contribution in [0.15, 0.2) is 46.2 Å². The summed E-state index contributed by atoms with van der Waals surface area (Å²) in [6.45, 7) is 2.57. The molecule has 0 spiro atoms. The summed E-state index contributed by atoms with van der Waals surface area (Å²) >= 11 is 0. The van der Waals surface area contributed by atoms with E-state index in [4.69, 9.17) is 15.0 Å². The molecule has 2 aliphatic rings. The van der Waals surface area contributed by atoms with Crippen LogP contribution >= 0.6 is 0 Å². The molecule has 0 saturated carbocycles. The van der Waals surface area contributed by atoms with Gasteiger partial charge >= 0.3 is 5.69 Å². The highest BCUT2D eigenvalue weighted by Gasteiger charge is 2.36. The van der Waals surface area contributed by atoms with Gasteiger partial charge in [-0.1, -0.05) is 0 Å². The third kappa shape index (κ3) is 6.73. The van der Waals surface area contributed by atoms with E-state index in [2.05, 4.69) is 5.32 Å². The van der Waals surface area contributed by atoms with Gasteiger partial charge < -0.3 is 15.0 Å². The van der Waals surface area contributed by atoms with Crippen LogP contribution in [0.2, 0.25) is 0 Å². The van der Waals surface area contributed by atoms with E-state index in [0.29, 0.717) is 31.0 Å². The molecule has 15 nitrogen and oxygen atoms in total. The van der Waals surface area contributed by atoms with Crippen LogP contribution in [0.3, 0.4) is 0 Å². The molecule has 18 heteroatoms. The van der Waals surface area contributed by atoms with E-state index in [1.165, 1.54) is 12.1 Å². The van der Waals surface area contributed by atoms with Gasteiger partial charge in [0.15, 0.2) is 0 Å². The molecule has 2 aromatic rings. The topological polar surface area (TPSA) is 231 Å². The molecule has 0 aliphatic carbocycles. The summed E-state index contributed by atoms with van der Waals surface area (Å²) in [6.07, 6.45) is 0.782. The van der Waals surface area contributed by atoms with Gasteiger partial charge in [0.2, 0.25) is 25.9 Å². The second-order valence-corrected chi connectivity index (χ2v) is 11.2. The van der Waals surface area contributed by atoms with Gasteiger partial charge in [0.1, 0.15) is 5.69 Å². The van der Waals surface area contributed by atoms with Crippen molar-refractivity contribution in [1.29, 1.82) is 0 Å². The number of nitrogens with one attached hydrogen (secondary N) is 1. The van der Waals surface area contributed by atoms with Crippen molar-refractivity contribution in [3.63, 3.8) is 0 Å². The summed E-state index contributed by atoms with van der Waals surface area (Å²) in [5.41, 5.74) is -0.767. The molecule has 4 rings (SSSR count). The Morgan fingerprint density at radius 3 is 1.89 bits per heavy atom. The van der Waals surface area contributed by atoms with Gasteiger partial charge in [-0.3, -0.25) is 20.2 Å². The van der Waals surface area contributed by atoms with E-state index < -0.39 is 46.3 Å². The highest BCUT2D eigenvalue weighted by atomic mass is 32.2. The van der Waals surface area contributed by atoms with Crippen molar-refractivity contribution in [3.8, 4) is 0 Å². The van der Waals surface area contributed by atoms with Crippen molar-refractivity contribution in [3.05, 3.63) is 62.4 Å². The maximum atomic E-state index is 12.7. The maximum absolute atomic E-state index is 12.7. The Labute approximate surface area is 210 Å². The predicted octanol–water partition coefficient (Wildman–Crippen LogP) is 0.191. The number of primary sulfonamides is 2. The monoisotopic (exact) mass is 562 g/mol. The minimum atomic E-state index is -4.05. The largest absolute Gasteiger partial charge is 0.379 e. The SMILES string of the molecule is NS(=O)(=O)c1ccc(F)c([N+](=O)[O-])c1.NS(=O)(=O)c1ccc(N(C2CNC2)C2CCOC2)c([N+](=O)[O-])c1. The van der Waals surface area contributed by atoms with Crippen molar-refractivity contribution in [2.75, 3.05) is 31.2 Å². The zero-order valence-electron chi connectivity index (χ0n) is 19.0. The van der Waals surface area contributed by atoms with Crippen LogP contribution in [0.1, 0.15) is 6.42 Å². The molecule has 0 bridgehead atoms. The molecule has 5 N–H and O–H groups in total. The number of nitrogens with two attached hydrogens (primary N) is 2. The number of sulfonamides is 2. The zero-order chi connectivity index (χ0) is 27.5. The molecule has 0 radical (unpaired) electrons. The lowest BCUT2D eigenvalue weighted by Crippen LogP contribution is -2.60. The van der Waals surface area contributed by atoms with Crippen molar-refractivity contribution < 1.29 is 35.8 Å². The van der Waals surface area contributed by atoms with Gasteiger partial charge in [-0.2, -0.15) is 4.39 Å². The van der Waals surface area contributed by atoms with E-state index in [1.807, 2.05) is 4.90 Å². The molecule has 37 heavy (non-hydrogen) atoms. The Kier molecular flexibility index (Phi) is 8.40. The van der Waals surface area contributed by atoms with E-state index in [9.17, 15) is 41.5 Å². The fraction of sp³-hybridized carbons (Fsp3) is 0.368. The molecule has 2 aromatic carbocycles. The van der Waals surface area contributed by atoms with Crippen LogP contribution in [0.4, 0.5) is 21.5 Å². The Hall–Kier alpha value is -3.29. The highest BCUT2D eigenvalue weighted by molar-refractivity contribution is 7.89. The van der Waals surface area contributed by atoms with Gasteiger partial charge in [-0.25, -0.2) is 27.1 Å². The van der Waals surface area contributed by atoms with E-state index >= 15 is 0 Å². The molecular formula is C19H23FN6O9S2. The minimum absolute atomic E-state index is 0.0427. The molecular weight excluding hydrogens is 539 g/mol. The fourth-order valence-electron chi connectivity index (χ4n) is 3.76. The summed E-state index contributed by atoms with van der Waals surface area (Å²) in [5, 5.41) is 34.6. The molecule has 202 valence electrons. The fourth-order valence-corrected chi connectivity index (χ4v) is 4.82. The number of ether oxygens (including phenoxy) is 1. The number of rotatable bonds is 7. The summed E-state index contributed by atoms with van der Waals surface area (Å²) < 4.78 is 62.6. The van der Waals surface area contributed by atoms with E-state index in [-0.39, 0.29) is 22.7 Å². The molecule has 2 heterocycles. The number of nitro groups is 2. The van der Waals surface area contributed by atoms with Gasteiger partial charge in [-0.15, -0.1) is 0 Å². The van der Waals surface area contributed by atoms with E-state index in [0.717, 1.165) is 31.6 Å². The van der Waals surface area contributed by atoms with Crippen LogP contribution in [0, 0.1) is 26.0 Å². The number of benzene rings is 2. The quantitative estimate of drug-likeness (QED) is 0.304.